The van der Waals surface area contributed by atoms with Gasteiger partial charge in [-0.15, -0.1) is 0 Å². The molecular formula is C22H13NO4. The first-order valence-corrected chi connectivity index (χ1v) is 8.48. The zero-order valence-corrected chi connectivity index (χ0v) is 14.4. The van der Waals surface area contributed by atoms with E-state index in [1.165, 1.54) is 0 Å². The molecule has 0 aliphatic carbocycles. The van der Waals surface area contributed by atoms with Crippen molar-refractivity contribution in [2.75, 3.05) is 0 Å². The lowest BCUT2D eigenvalue weighted by molar-refractivity contribution is 0.563. The summed E-state index contributed by atoms with van der Waals surface area (Å²) in [5.41, 5.74) is 2.12. The quantitative estimate of drug-likeness (QED) is 0.329. The molecule has 5 aromatic rings. The molecule has 0 spiro atoms. The normalized spacial score (nSPS) is 11.4. The van der Waals surface area contributed by atoms with Gasteiger partial charge in [-0.1, -0.05) is 30.3 Å². The van der Waals surface area contributed by atoms with E-state index in [0.29, 0.717) is 38.9 Å². The summed E-state index contributed by atoms with van der Waals surface area (Å²) in [4.78, 5) is 29.6. The summed E-state index contributed by atoms with van der Waals surface area (Å²) >= 11 is 0. The van der Waals surface area contributed by atoms with Crippen LogP contribution in [0.15, 0.2) is 79.1 Å². The predicted molar refractivity (Wildman–Crippen MR) is 104 cm³/mol. The first-order chi connectivity index (χ1) is 13.1. The zero-order valence-electron chi connectivity index (χ0n) is 14.4. The van der Waals surface area contributed by atoms with Crippen LogP contribution in [0.4, 0.5) is 0 Å². The predicted octanol–water partition coefficient (Wildman–Crippen LogP) is 4.42. The fourth-order valence-corrected chi connectivity index (χ4v) is 3.41. The number of aryl methyl sites for hydroxylation is 1. The number of benzene rings is 2. The van der Waals surface area contributed by atoms with Crippen LogP contribution in [-0.2, 0) is 0 Å². The van der Waals surface area contributed by atoms with Crippen LogP contribution in [0.1, 0.15) is 5.56 Å². The average molecular weight is 355 g/mol. The summed E-state index contributed by atoms with van der Waals surface area (Å²) < 4.78 is 10.8. The first kappa shape index (κ1) is 15.5. The molecule has 3 heterocycles. The number of hydrogen-bond donors (Lipinski definition) is 0. The van der Waals surface area contributed by atoms with Crippen molar-refractivity contribution in [2.24, 2.45) is 0 Å². The largest absolute Gasteiger partial charge is 0.422 e. The molecule has 0 saturated carbocycles. The Bertz CT molecular complexity index is 1480. The van der Waals surface area contributed by atoms with Crippen LogP contribution in [0, 0.1) is 6.92 Å². The van der Waals surface area contributed by atoms with Crippen LogP contribution in [0.5, 0.6) is 0 Å². The van der Waals surface area contributed by atoms with Crippen LogP contribution in [0.2, 0.25) is 0 Å². The Morgan fingerprint density at radius 1 is 0.815 bits per heavy atom. The maximum atomic E-state index is 12.5. The molecule has 0 N–H and O–H groups in total. The molecule has 3 aromatic heterocycles. The fraction of sp³-hybridized carbons (Fsp3) is 0.0455. The lowest BCUT2D eigenvalue weighted by atomic mass is 10.0. The molecule has 0 radical (unpaired) electrons. The van der Waals surface area contributed by atoms with Crippen molar-refractivity contribution >= 4 is 32.8 Å². The molecule has 0 atom stereocenters. The summed E-state index contributed by atoms with van der Waals surface area (Å²) in [6.07, 6.45) is 0. The molecule has 0 amide bonds. The lowest BCUT2D eigenvalue weighted by Crippen LogP contribution is -2.07. The van der Waals surface area contributed by atoms with Crippen LogP contribution in [0.25, 0.3) is 44.1 Å². The third-order valence-corrected chi connectivity index (χ3v) is 4.68. The number of fused-ring (bicyclic) bond motifs is 4. The number of rotatable bonds is 1. The average Bonchev–Trinajstić information content (AvgIpc) is 2.67. The Morgan fingerprint density at radius 3 is 2.37 bits per heavy atom. The van der Waals surface area contributed by atoms with Crippen LogP contribution in [0.3, 0.4) is 0 Å². The van der Waals surface area contributed by atoms with Gasteiger partial charge in [-0.25, -0.2) is 14.6 Å². The maximum absolute atomic E-state index is 12.5. The summed E-state index contributed by atoms with van der Waals surface area (Å²) in [5.74, 6) is 0. The third kappa shape index (κ3) is 2.36. The van der Waals surface area contributed by atoms with Gasteiger partial charge in [-0.05, 0) is 42.8 Å². The standard InChI is InChI=1S/C22H13NO4/c1-12-10-16(15-11-13-6-2-4-8-17(13)26-21(15)24)23-20-14-7-3-5-9-18(14)27-22(25)19(12)20/h2-11H,1H3. The molecule has 0 aliphatic rings. The van der Waals surface area contributed by atoms with Crippen molar-refractivity contribution in [1.82, 2.24) is 4.98 Å². The van der Waals surface area contributed by atoms with Gasteiger partial charge in [0.25, 0.3) is 0 Å². The van der Waals surface area contributed by atoms with Crippen molar-refractivity contribution in [3.63, 3.8) is 0 Å². The van der Waals surface area contributed by atoms with Gasteiger partial charge in [-0.2, -0.15) is 0 Å². The molecule has 0 unspecified atom stereocenters. The van der Waals surface area contributed by atoms with Crippen molar-refractivity contribution in [1.29, 1.82) is 0 Å². The topological polar surface area (TPSA) is 73.3 Å². The highest BCUT2D eigenvalue weighted by Gasteiger charge is 2.16. The highest BCUT2D eigenvalue weighted by atomic mass is 16.4. The second-order valence-corrected chi connectivity index (χ2v) is 6.42. The van der Waals surface area contributed by atoms with Gasteiger partial charge in [-0.3, -0.25) is 0 Å². The molecule has 0 saturated heterocycles. The minimum atomic E-state index is -0.466. The maximum Gasteiger partial charge on any atom is 0.346 e. The Balaban J connectivity index is 1.90. The second-order valence-electron chi connectivity index (χ2n) is 6.42. The van der Waals surface area contributed by atoms with E-state index in [-0.39, 0.29) is 0 Å². The lowest BCUT2D eigenvalue weighted by Gasteiger charge is -2.08. The summed E-state index contributed by atoms with van der Waals surface area (Å²) in [6.45, 7) is 1.81. The number of para-hydroxylation sites is 2. The molecule has 5 rings (SSSR count). The van der Waals surface area contributed by atoms with E-state index in [9.17, 15) is 9.59 Å². The summed E-state index contributed by atoms with van der Waals surface area (Å²) in [6, 6.07) is 18.0. The van der Waals surface area contributed by atoms with Gasteiger partial charge in [0, 0.05) is 10.8 Å². The monoisotopic (exact) mass is 355 g/mol. The number of aromatic nitrogens is 1. The second kappa shape index (κ2) is 5.64. The van der Waals surface area contributed by atoms with E-state index < -0.39 is 11.3 Å². The van der Waals surface area contributed by atoms with Gasteiger partial charge in [0.05, 0.1) is 22.2 Å². The Hall–Kier alpha value is -3.73. The minimum Gasteiger partial charge on any atom is -0.422 e. The van der Waals surface area contributed by atoms with Crippen LogP contribution in [-0.4, -0.2) is 4.98 Å². The fourth-order valence-electron chi connectivity index (χ4n) is 3.41. The summed E-state index contributed by atoms with van der Waals surface area (Å²) in [7, 11) is 0. The highest BCUT2D eigenvalue weighted by Crippen LogP contribution is 2.27. The van der Waals surface area contributed by atoms with E-state index in [4.69, 9.17) is 8.83 Å². The smallest absolute Gasteiger partial charge is 0.346 e. The van der Waals surface area contributed by atoms with E-state index in [1.807, 2.05) is 37.3 Å². The Labute approximate surface area is 152 Å². The van der Waals surface area contributed by atoms with Gasteiger partial charge < -0.3 is 8.83 Å². The summed E-state index contributed by atoms with van der Waals surface area (Å²) in [5, 5.41) is 1.95. The van der Waals surface area contributed by atoms with Crippen molar-refractivity contribution < 1.29 is 8.83 Å². The molecule has 0 fully saturated rings. The van der Waals surface area contributed by atoms with Crippen LogP contribution >= 0.6 is 0 Å². The van der Waals surface area contributed by atoms with Gasteiger partial charge in [0.2, 0.25) is 0 Å². The number of hydrogen-bond acceptors (Lipinski definition) is 5. The van der Waals surface area contributed by atoms with E-state index in [0.717, 1.165) is 10.8 Å². The van der Waals surface area contributed by atoms with Gasteiger partial charge >= 0.3 is 11.3 Å². The molecule has 27 heavy (non-hydrogen) atoms. The number of nitrogens with zero attached hydrogens (tertiary/aromatic N) is 1. The Kier molecular flexibility index (Phi) is 3.24. The van der Waals surface area contributed by atoms with E-state index >= 15 is 0 Å². The van der Waals surface area contributed by atoms with Crippen molar-refractivity contribution in [3.8, 4) is 11.3 Å². The molecule has 0 aliphatic heterocycles. The molecule has 130 valence electrons. The molecule has 5 heteroatoms. The van der Waals surface area contributed by atoms with Crippen LogP contribution < -0.4 is 11.3 Å². The molecule has 2 aromatic carbocycles. The molecular weight excluding hydrogens is 342 g/mol. The van der Waals surface area contributed by atoms with Crippen molar-refractivity contribution in [3.05, 3.63) is 87.1 Å². The first-order valence-electron chi connectivity index (χ1n) is 8.48. The Morgan fingerprint density at radius 2 is 1.52 bits per heavy atom. The van der Waals surface area contributed by atoms with Crippen molar-refractivity contribution in [2.45, 2.75) is 6.92 Å². The van der Waals surface area contributed by atoms with E-state index in [1.54, 1.807) is 30.3 Å². The zero-order chi connectivity index (χ0) is 18.5. The highest BCUT2D eigenvalue weighted by molar-refractivity contribution is 6.03. The molecule has 0 bridgehead atoms. The SMILES string of the molecule is Cc1cc(-c2cc3ccccc3oc2=O)nc2c1c(=O)oc1ccccc12. The molecule has 5 nitrogen and oxygen atoms in total. The van der Waals surface area contributed by atoms with E-state index in [2.05, 4.69) is 4.98 Å². The minimum absolute atomic E-state index is 0.357. The number of pyridine rings is 1. The van der Waals surface area contributed by atoms with Gasteiger partial charge in [0.1, 0.15) is 11.2 Å². The third-order valence-electron chi connectivity index (χ3n) is 4.68. The van der Waals surface area contributed by atoms with Gasteiger partial charge in [0.15, 0.2) is 0 Å².